The van der Waals surface area contributed by atoms with Gasteiger partial charge in [0.05, 0.1) is 5.60 Å². The molecule has 0 fully saturated rings. The molecular formula is C10H16O. The van der Waals surface area contributed by atoms with Crippen molar-refractivity contribution in [2.75, 3.05) is 0 Å². The third-order valence-corrected chi connectivity index (χ3v) is 2.23. The Labute approximate surface area is 68.4 Å². The predicted octanol–water partition coefficient (Wildman–Crippen LogP) is 2.14. The quantitative estimate of drug-likeness (QED) is 0.610. The highest BCUT2D eigenvalue weighted by atomic mass is 16.3. The Balaban J connectivity index is 2.74. The summed E-state index contributed by atoms with van der Waals surface area (Å²) in [5.41, 5.74) is -0.597. The van der Waals surface area contributed by atoms with Crippen molar-refractivity contribution < 1.29 is 5.11 Å². The van der Waals surface area contributed by atoms with Gasteiger partial charge >= 0.3 is 0 Å². The average molecular weight is 152 g/mol. The Morgan fingerprint density at radius 1 is 1.18 bits per heavy atom. The summed E-state index contributed by atoms with van der Waals surface area (Å²) in [6.45, 7) is 5.85. The molecule has 0 saturated carbocycles. The first-order valence-electron chi connectivity index (χ1n) is 4.09. The second kappa shape index (κ2) is 2.82. The van der Waals surface area contributed by atoms with E-state index in [0.29, 0.717) is 5.92 Å². The van der Waals surface area contributed by atoms with E-state index in [2.05, 4.69) is 19.1 Å². The summed E-state index contributed by atoms with van der Waals surface area (Å²) in [5.74, 6) is 0.701. The van der Waals surface area contributed by atoms with Crippen molar-refractivity contribution in [2.45, 2.75) is 26.4 Å². The number of hydrogen-bond acceptors (Lipinski definition) is 1. The van der Waals surface area contributed by atoms with Crippen LogP contribution in [0.5, 0.6) is 0 Å². The molecule has 0 saturated heterocycles. The predicted molar refractivity (Wildman–Crippen MR) is 47.2 cm³/mol. The van der Waals surface area contributed by atoms with E-state index in [9.17, 15) is 5.11 Å². The third-order valence-electron chi connectivity index (χ3n) is 2.23. The molecule has 11 heavy (non-hydrogen) atoms. The lowest BCUT2D eigenvalue weighted by atomic mass is 9.79. The molecule has 1 aliphatic carbocycles. The van der Waals surface area contributed by atoms with Crippen molar-refractivity contribution >= 4 is 0 Å². The minimum atomic E-state index is -0.597. The van der Waals surface area contributed by atoms with Crippen LogP contribution in [0.15, 0.2) is 24.3 Å². The first kappa shape index (κ1) is 8.54. The fraction of sp³-hybridized carbons (Fsp3) is 0.600. The molecule has 0 heterocycles. The van der Waals surface area contributed by atoms with E-state index in [1.807, 2.05) is 26.0 Å². The molecule has 2 atom stereocenters. The summed E-state index contributed by atoms with van der Waals surface area (Å²) < 4.78 is 0. The summed E-state index contributed by atoms with van der Waals surface area (Å²) in [6.07, 6.45) is 8.24. The van der Waals surface area contributed by atoms with Gasteiger partial charge in [0.2, 0.25) is 0 Å². The molecule has 0 aliphatic heterocycles. The van der Waals surface area contributed by atoms with E-state index in [0.717, 1.165) is 0 Å². The van der Waals surface area contributed by atoms with Crippen molar-refractivity contribution in [3.8, 4) is 0 Å². The van der Waals surface area contributed by atoms with Crippen LogP contribution in [0.3, 0.4) is 0 Å². The zero-order chi connectivity index (χ0) is 8.48. The second-order valence-corrected chi connectivity index (χ2v) is 3.81. The number of allylic oxidation sites excluding steroid dienone is 3. The highest BCUT2D eigenvalue weighted by Gasteiger charge is 2.28. The number of aliphatic hydroxyl groups is 1. The van der Waals surface area contributed by atoms with Crippen LogP contribution in [0.2, 0.25) is 0 Å². The highest BCUT2D eigenvalue weighted by Crippen LogP contribution is 2.29. The molecule has 0 aromatic rings. The third kappa shape index (κ3) is 1.93. The van der Waals surface area contributed by atoms with Crippen LogP contribution < -0.4 is 0 Å². The lowest BCUT2D eigenvalue weighted by Gasteiger charge is -2.31. The molecule has 1 heteroatoms. The minimum absolute atomic E-state index is 0.257. The van der Waals surface area contributed by atoms with Crippen LogP contribution >= 0.6 is 0 Å². The van der Waals surface area contributed by atoms with Gasteiger partial charge in [0.1, 0.15) is 0 Å². The molecule has 1 rings (SSSR count). The zero-order valence-corrected chi connectivity index (χ0v) is 7.41. The normalized spacial score (nSPS) is 30.9. The van der Waals surface area contributed by atoms with E-state index >= 15 is 0 Å². The maximum atomic E-state index is 9.73. The van der Waals surface area contributed by atoms with Gasteiger partial charge in [0, 0.05) is 5.92 Å². The Hall–Kier alpha value is -0.560. The SMILES string of the molecule is CC1C=CC=CC1C(C)(C)O. The largest absolute Gasteiger partial charge is 0.390 e. The van der Waals surface area contributed by atoms with Crippen LogP contribution in [-0.2, 0) is 0 Å². The van der Waals surface area contributed by atoms with Gasteiger partial charge in [-0.25, -0.2) is 0 Å². The van der Waals surface area contributed by atoms with E-state index < -0.39 is 5.60 Å². The van der Waals surface area contributed by atoms with Gasteiger partial charge in [0.25, 0.3) is 0 Å². The molecule has 1 N–H and O–H groups in total. The fourth-order valence-electron chi connectivity index (χ4n) is 1.60. The van der Waals surface area contributed by atoms with Crippen molar-refractivity contribution in [2.24, 2.45) is 11.8 Å². The van der Waals surface area contributed by atoms with Gasteiger partial charge < -0.3 is 5.11 Å². The topological polar surface area (TPSA) is 20.2 Å². The van der Waals surface area contributed by atoms with Crippen LogP contribution in [0, 0.1) is 11.8 Å². The van der Waals surface area contributed by atoms with Gasteiger partial charge in [-0.1, -0.05) is 31.2 Å². The molecule has 0 aromatic carbocycles. The van der Waals surface area contributed by atoms with E-state index in [-0.39, 0.29) is 5.92 Å². The molecular weight excluding hydrogens is 136 g/mol. The van der Waals surface area contributed by atoms with Gasteiger partial charge in [0.15, 0.2) is 0 Å². The van der Waals surface area contributed by atoms with Crippen LogP contribution in [0.4, 0.5) is 0 Å². The highest BCUT2D eigenvalue weighted by molar-refractivity contribution is 5.16. The Bertz CT molecular complexity index is 184. The van der Waals surface area contributed by atoms with Gasteiger partial charge in [-0.3, -0.25) is 0 Å². The molecule has 2 unspecified atom stereocenters. The number of hydrogen-bond donors (Lipinski definition) is 1. The maximum Gasteiger partial charge on any atom is 0.0659 e. The fourth-order valence-corrected chi connectivity index (χ4v) is 1.60. The minimum Gasteiger partial charge on any atom is -0.390 e. The van der Waals surface area contributed by atoms with Gasteiger partial charge in [-0.15, -0.1) is 0 Å². The van der Waals surface area contributed by atoms with Crippen molar-refractivity contribution in [3.63, 3.8) is 0 Å². The monoisotopic (exact) mass is 152 g/mol. The molecule has 0 amide bonds. The summed E-state index contributed by atoms with van der Waals surface area (Å²) in [7, 11) is 0. The van der Waals surface area contributed by atoms with Crippen LogP contribution in [0.25, 0.3) is 0 Å². The second-order valence-electron chi connectivity index (χ2n) is 3.81. The summed E-state index contributed by atoms with van der Waals surface area (Å²) in [6, 6.07) is 0. The van der Waals surface area contributed by atoms with Crippen LogP contribution in [0.1, 0.15) is 20.8 Å². The molecule has 0 radical (unpaired) electrons. The van der Waals surface area contributed by atoms with E-state index in [1.165, 1.54) is 0 Å². The Morgan fingerprint density at radius 3 is 2.09 bits per heavy atom. The lowest BCUT2D eigenvalue weighted by molar-refractivity contribution is 0.0229. The summed E-state index contributed by atoms with van der Waals surface area (Å²) in [4.78, 5) is 0. The Kier molecular flexibility index (Phi) is 2.19. The summed E-state index contributed by atoms with van der Waals surface area (Å²) >= 11 is 0. The van der Waals surface area contributed by atoms with E-state index in [4.69, 9.17) is 0 Å². The summed E-state index contributed by atoms with van der Waals surface area (Å²) in [5, 5.41) is 9.73. The lowest BCUT2D eigenvalue weighted by Crippen LogP contribution is -2.34. The number of rotatable bonds is 1. The molecule has 62 valence electrons. The Morgan fingerprint density at radius 2 is 1.73 bits per heavy atom. The average Bonchev–Trinajstić information content (AvgIpc) is 1.86. The smallest absolute Gasteiger partial charge is 0.0659 e. The maximum absolute atomic E-state index is 9.73. The molecule has 1 nitrogen and oxygen atoms in total. The van der Waals surface area contributed by atoms with Crippen molar-refractivity contribution in [1.82, 2.24) is 0 Å². The van der Waals surface area contributed by atoms with Crippen molar-refractivity contribution in [3.05, 3.63) is 24.3 Å². The van der Waals surface area contributed by atoms with Crippen LogP contribution in [-0.4, -0.2) is 10.7 Å². The van der Waals surface area contributed by atoms with Gasteiger partial charge in [-0.05, 0) is 19.8 Å². The van der Waals surface area contributed by atoms with E-state index in [1.54, 1.807) is 0 Å². The molecule has 1 aliphatic rings. The molecule has 0 aromatic heterocycles. The zero-order valence-electron chi connectivity index (χ0n) is 7.41. The van der Waals surface area contributed by atoms with Gasteiger partial charge in [-0.2, -0.15) is 0 Å². The standard InChI is InChI=1S/C10H16O/c1-8-6-4-5-7-9(8)10(2,3)11/h4-9,11H,1-3H3. The molecule has 0 spiro atoms. The first-order chi connectivity index (χ1) is 5.02. The molecule has 0 bridgehead atoms. The van der Waals surface area contributed by atoms with Crippen molar-refractivity contribution in [1.29, 1.82) is 0 Å². The first-order valence-corrected chi connectivity index (χ1v) is 4.09.